The highest BCUT2D eigenvalue weighted by Gasteiger charge is 2.22. The molecule has 6 aromatic rings. The molecule has 0 aliphatic carbocycles. The van der Waals surface area contributed by atoms with Crippen LogP contribution < -0.4 is 5.56 Å². The molecule has 188 valence electrons. The second kappa shape index (κ2) is 9.00. The highest BCUT2D eigenvalue weighted by molar-refractivity contribution is 6.31. The van der Waals surface area contributed by atoms with Crippen LogP contribution in [-0.4, -0.2) is 31.5 Å². The van der Waals surface area contributed by atoms with Crippen LogP contribution in [0.4, 0.5) is 0 Å². The first-order chi connectivity index (χ1) is 18.3. The summed E-state index contributed by atoms with van der Waals surface area (Å²) >= 11 is 6.16. The van der Waals surface area contributed by atoms with E-state index in [0.29, 0.717) is 38.5 Å². The van der Waals surface area contributed by atoms with Gasteiger partial charge >= 0.3 is 5.97 Å². The summed E-state index contributed by atoms with van der Waals surface area (Å²) < 4.78 is 9.01. The maximum Gasteiger partial charge on any atom is 0.326 e. The Morgan fingerprint density at radius 3 is 2.61 bits per heavy atom. The molecule has 9 heteroatoms. The monoisotopic (exact) mass is 524 g/mol. The minimum absolute atomic E-state index is 0.234. The van der Waals surface area contributed by atoms with Crippen LogP contribution >= 0.6 is 11.6 Å². The van der Waals surface area contributed by atoms with Crippen molar-refractivity contribution in [3.63, 3.8) is 0 Å². The van der Waals surface area contributed by atoms with Gasteiger partial charge in [-0.25, -0.2) is 9.78 Å². The topological polar surface area (TPSA) is 103 Å². The number of furan rings is 1. The van der Waals surface area contributed by atoms with Crippen LogP contribution in [0.5, 0.6) is 0 Å². The fourth-order valence-corrected chi connectivity index (χ4v) is 5.00. The van der Waals surface area contributed by atoms with E-state index in [0.717, 1.165) is 16.3 Å². The molecule has 0 saturated carbocycles. The van der Waals surface area contributed by atoms with Gasteiger partial charge < -0.3 is 14.1 Å². The maximum atomic E-state index is 13.6. The Bertz CT molecular complexity index is 1980. The van der Waals surface area contributed by atoms with Crippen molar-refractivity contribution >= 4 is 56.6 Å². The number of carboxylic acid groups (broad SMARTS) is 1. The fourth-order valence-electron chi connectivity index (χ4n) is 4.82. The summed E-state index contributed by atoms with van der Waals surface area (Å²) in [6.07, 6.45) is 1.57. The van der Waals surface area contributed by atoms with Crippen molar-refractivity contribution in [3.8, 4) is 11.6 Å². The fraction of sp³-hybridized carbons (Fsp3) is 0.103. The van der Waals surface area contributed by atoms with Crippen LogP contribution in [0.25, 0.3) is 44.4 Å². The van der Waals surface area contributed by atoms with Gasteiger partial charge in [0, 0.05) is 32.6 Å². The Hall–Kier alpha value is -4.69. The molecule has 1 atom stereocenters. The predicted octanol–water partition coefficient (Wildman–Crippen LogP) is 6.25. The molecule has 1 N–H and O–H groups in total. The molecule has 0 spiro atoms. The molecule has 0 fully saturated rings. The van der Waals surface area contributed by atoms with Gasteiger partial charge in [-0.05, 0) is 56.3 Å². The Balaban J connectivity index is 1.59. The molecule has 6 rings (SSSR count). The normalized spacial score (nSPS) is 12.7. The first-order valence-corrected chi connectivity index (χ1v) is 12.3. The number of hydrogen-bond acceptors (Lipinski definition) is 5. The van der Waals surface area contributed by atoms with Gasteiger partial charge in [0.1, 0.15) is 11.6 Å². The van der Waals surface area contributed by atoms with E-state index in [4.69, 9.17) is 21.0 Å². The average Bonchev–Trinajstić information content (AvgIpc) is 3.45. The Morgan fingerprint density at radius 1 is 1.08 bits per heavy atom. The van der Waals surface area contributed by atoms with Gasteiger partial charge in [-0.3, -0.25) is 4.79 Å². The third-order valence-electron chi connectivity index (χ3n) is 6.70. The highest BCUT2D eigenvalue weighted by atomic mass is 35.5. The average molecular weight is 525 g/mol. The number of nitrogens with zero attached hydrogens (tertiary/aromatic N) is 4. The van der Waals surface area contributed by atoms with Crippen molar-refractivity contribution < 1.29 is 14.3 Å². The summed E-state index contributed by atoms with van der Waals surface area (Å²) in [6, 6.07) is 20.8. The first kappa shape index (κ1) is 23.7. The molecule has 38 heavy (non-hydrogen) atoms. The SMILES string of the molecule is Cc1c(C=Nn2c(-c3cc4cc(Cl)ccc4o3)nc3ccccc3c2=O)c2ccccc2n1[C@H](C)C(=O)O. The van der Waals surface area contributed by atoms with Crippen LogP contribution in [0, 0.1) is 6.92 Å². The van der Waals surface area contributed by atoms with Crippen LogP contribution in [0.1, 0.15) is 24.2 Å². The predicted molar refractivity (Wildman–Crippen MR) is 148 cm³/mol. The zero-order chi connectivity index (χ0) is 26.6. The van der Waals surface area contributed by atoms with E-state index in [1.54, 1.807) is 60.2 Å². The van der Waals surface area contributed by atoms with Crippen LogP contribution in [0.3, 0.4) is 0 Å². The third kappa shape index (κ3) is 3.77. The van der Waals surface area contributed by atoms with Crippen LogP contribution in [-0.2, 0) is 4.79 Å². The number of carbonyl (C=O) groups is 1. The number of aliphatic carboxylic acids is 1. The van der Waals surface area contributed by atoms with Crippen molar-refractivity contribution in [1.82, 2.24) is 14.2 Å². The molecule has 3 aromatic heterocycles. The standard InChI is InChI=1S/C29H21ClN4O4/c1-16-22(20-7-4-6-10-24(20)33(16)17(2)29(36)37)15-31-34-27(32-23-9-5-3-8-21(23)28(34)35)26-14-18-13-19(30)11-12-25(18)38-26/h3-15,17H,1-2H3,(H,36,37)/t17-/m1/s1. The second-order valence-corrected chi connectivity index (χ2v) is 9.44. The largest absolute Gasteiger partial charge is 0.480 e. The number of halogens is 1. The summed E-state index contributed by atoms with van der Waals surface area (Å²) in [5.74, 6) is -0.349. The van der Waals surface area contributed by atoms with Gasteiger partial charge in [0.05, 0.1) is 17.1 Å². The van der Waals surface area contributed by atoms with E-state index in [1.165, 1.54) is 4.68 Å². The number of fused-ring (bicyclic) bond motifs is 3. The van der Waals surface area contributed by atoms with Crippen molar-refractivity contribution in [2.24, 2.45) is 5.10 Å². The molecule has 0 radical (unpaired) electrons. The second-order valence-electron chi connectivity index (χ2n) is 9.01. The lowest BCUT2D eigenvalue weighted by Crippen LogP contribution is -2.20. The molecule has 0 aliphatic rings. The first-order valence-electron chi connectivity index (χ1n) is 11.9. The third-order valence-corrected chi connectivity index (χ3v) is 6.94. The molecule has 0 amide bonds. The van der Waals surface area contributed by atoms with Crippen LogP contribution in [0.2, 0.25) is 5.02 Å². The minimum Gasteiger partial charge on any atom is -0.480 e. The summed E-state index contributed by atoms with van der Waals surface area (Å²) in [5.41, 5.74) is 2.94. The lowest BCUT2D eigenvalue weighted by atomic mass is 10.1. The summed E-state index contributed by atoms with van der Waals surface area (Å²) in [6.45, 7) is 3.47. The van der Waals surface area contributed by atoms with E-state index >= 15 is 0 Å². The van der Waals surface area contributed by atoms with Gasteiger partial charge in [-0.2, -0.15) is 9.78 Å². The van der Waals surface area contributed by atoms with Crippen molar-refractivity contribution in [2.75, 3.05) is 0 Å². The number of benzene rings is 3. The number of para-hydroxylation sites is 2. The lowest BCUT2D eigenvalue weighted by Gasteiger charge is -2.13. The van der Waals surface area contributed by atoms with Gasteiger partial charge in [0.25, 0.3) is 5.56 Å². The van der Waals surface area contributed by atoms with Crippen molar-refractivity contribution in [2.45, 2.75) is 19.9 Å². The van der Waals surface area contributed by atoms with E-state index < -0.39 is 12.0 Å². The minimum atomic E-state index is -0.945. The zero-order valence-electron chi connectivity index (χ0n) is 20.4. The Morgan fingerprint density at radius 2 is 1.82 bits per heavy atom. The number of rotatable bonds is 5. The molecule has 0 aliphatic heterocycles. The van der Waals surface area contributed by atoms with Gasteiger partial charge in [-0.15, -0.1) is 0 Å². The van der Waals surface area contributed by atoms with Crippen LogP contribution in [0.15, 0.2) is 87.1 Å². The summed E-state index contributed by atoms with van der Waals surface area (Å²) in [4.78, 5) is 30.2. The van der Waals surface area contributed by atoms with E-state index in [9.17, 15) is 14.7 Å². The number of aromatic nitrogens is 3. The van der Waals surface area contributed by atoms with Crippen molar-refractivity contribution in [1.29, 1.82) is 0 Å². The molecule has 3 heterocycles. The Labute approximate surface area is 221 Å². The molecule has 3 aromatic carbocycles. The summed E-state index contributed by atoms with van der Waals surface area (Å²) in [7, 11) is 0. The maximum absolute atomic E-state index is 13.6. The molecule has 0 bridgehead atoms. The van der Waals surface area contributed by atoms with E-state index in [-0.39, 0.29) is 11.4 Å². The van der Waals surface area contributed by atoms with Gasteiger partial charge in [0.2, 0.25) is 5.82 Å². The quantitative estimate of drug-likeness (QED) is 0.268. The number of hydrogen-bond donors (Lipinski definition) is 1. The highest BCUT2D eigenvalue weighted by Crippen LogP contribution is 2.30. The zero-order valence-corrected chi connectivity index (χ0v) is 21.2. The van der Waals surface area contributed by atoms with E-state index in [1.807, 2.05) is 37.3 Å². The number of carboxylic acids is 1. The molecule has 0 saturated heterocycles. The van der Waals surface area contributed by atoms with Crippen molar-refractivity contribution in [3.05, 3.63) is 99.4 Å². The molecular formula is C29H21ClN4O4. The summed E-state index contributed by atoms with van der Waals surface area (Å²) in [5, 5.41) is 16.8. The molecule has 8 nitrogen and oxygen atoms in total. The van der Waals surface area contributed by atoms with Gasteiger partial charge in [-0.1, -0.05) is 41.9 Å². The smallest absolute Gasteiger partial charge is 0.326 e. The van der Waals surface area contributed by atoms with E-state index in [2.05, 4.69) is 5.10 Å². The lowest BCUT2D eigenvalue weighted by molar-refractivity contribution is -0.140. The van der Waals surface area contributed by atoms with Gasteiger partial charge in [0.15, 0.2) is 5.76 Å². The molecule has 0 unspecified atom stereocenters. The molecular weight excluding hydrogens is 504 g/mol. The Kier molecular flexibility index (Phi) is 5.61.